The number of amides is 1. The molecule has 0 saturated carbocycles. The predicted molar refractivity (Wildman–Crippen MR) is 114 cm³/mol. The van der Waals surface area contributed by atoms with Gasteiger partial charge in [0.25, 0.3) is 0 Å². The molecular formula is C23H29N3O5. The fourth-order valence-corrected chi connectivity index (χ4v) is 3.23. The molecule has 1 fully saturated rings. The van der Waals surface area contributed by atoms with Crippen LogP contribution in [0.2, 0.25) is 0 Å². The summed E-state index contributed by atoms with van der Waals surface area (Å²) in [6.07, 6.45) is 2.02. The van der Waals surface area contributed by atoms with E-state index in [4.69, 9.17) is 14.3 Å². The predicted octanol–water partition coefficient (Wildman–Crippen LogP) is 3.48. The van der Waals surface area contributed by atoms with E-state index in [0.717, 1.165) is 5.56 Å². The van der Waals surface area contributed by atoms with Crippen molar-refractivity contribution in [2.75, 3.05) is 6.54 Å². The standard InChI is InChI=1S/C23H29N3O5/c1-23(2,3)31-22(28)26-15-18(25-29-16-17-9-5-4-6-10-17)12-13-19(26)21(27)30-20-11-7-8-14-24-20/h4-11,14,18-19,25H,12-13,15-16H2,1-3H3/t18-,19+/m1/s1. The number of esters is 1. The van der Waals surface area contributed by atoms with Crippen LogP contribution >= 0.6 is 0 Å². The van der Waals surface area contributed by atoms with Gasteiger partial charge in [-0.05, 0) is 45.2 Å². The molecule has 8 heteroatoms. The third-order valence-electron chi connectivity index (χ3n) is 4.66. The molecule has 2 aromatic rings. The van der Waals surface area contributed by atoms with Crippen LogP contribution in [0.25, 0.3) is 0 Å². The number of aromatic nitrogens is 1. The summed E-state index contributed by atoms with van der Waals surface area (Å²) >= 11 is 0. The summed E-state index contributed by atoms with van der Waals surface area (Å²) in [6, 6.07) is 13.9. The Hall–Kier alpha value is -2.97. The molecule has 1 aliphatic rings. The zero-order valence-electron chi connectivity index (χ0n) is 18.1. The van der Waals surface area contributed by atoms with Crippen molar-refractivity contribution in [3.8, 4) is 5.88 Å². The van der Waals surface area contributed by atoms with Gasteiger partial charge in [0.15, 0.2) is 0 Å². The minimum atomic E-state index is -0.760. The Labute approximate surface area is 182 Å². The Morgan fingerprint density at radius 2 is 1.84 bits per heavy atom. The second kappa shape index (κ2) is 10.4. The first-order valence-electron chi connectivity index (χ1n) is 10.4. The van der Waals surface area contributed by atoms with Crippen LogP contribution in [0.5, 0.6) is 5.88 Å². The fraction of sp³-hybridized carbons (Fsp3) is 0.435. The summed E-state index contributed by atoms with van der Waals surface area (Å²) in [5.74, 6) is -0.337. The van der Waals surface area contributed by atoms with Gasteiger partial charge in [-0.2, -0.15) is 5.48 Å². The van der Waals surface area contributed by atoms with Crippen LogP contribution in [0.15, 0.2) is 54.7 Å². The number of nitrogens with zero attached hydrogens (tertiary/aromatic N) is 2. The number of nitrogens with one attached hydrogen (secondary N) is 1. The number of hydroxylamine groups is 1. The number of hydrogen-bond donors (Lipinski definition) is 1. The molecular weight excluding hydrogens is 398 g/mol. The Kier molecular flexibility index (Phi) is 7.59. The molecule has 31 heavy (non-hydrogen) atoms. The van der Waals surface area contributed by atoms with Crippen LogP contribution in [0, 0.1) is 0 Å². The van der Waals surface area contributed by atoms with Gasteiger partial charge in [0.05, 0.1) is 12.6 Å². The number of benzene rings is 1. The van der Waals surface area contributed by atoms with Crippen molar-refractivity contribution in [1.82, 2.24) is 15.4 Å². The first-order valence-corrected chi connectivity index (χ1v) is 10.4. The van der Waals surface area contributed by atoms with Crippen LogP contribution in [0.3, 0.4) is 0 Å². The zero-order valence-corrected chi connectivity index (χ0v) is 18.1. The van der Waals surface area contributed by atoms with Crippen LogP contribution in [0.1, 0.15) is 39.2 Å². The normalized spacial score (nSPS) is 19.0. The molecule has 0 radical (unpaired) electrons. The van der Waals surface area contributed by atoms with Crippen LogP contribution in [0.4, 0.5) is 4.79 Å². The number of carbonyl (C=O) groups excluding carboxylic acids is 2. The van der Waals surface area contributed by atoms with Gasteiger partial charge in [0.1, 0.15) is 11.6 Å². The molecule has 1 amide bonds. The summed E-state index contributed by atoms with van der Waals surface area (Å²) in [5.41, 5.74) is 3.36. The summed E-state index contributed by atoms with van der Waals surface area (Å²) in [7, 11) is 0. The molecule has 166 valence electrons. The van der Waals surface area contributed by atoms with E-state index in [1.54, 1.807) is 45.2 Å². The Bertz CT molecular complexity index is 855. The number of hydrogen-bond acceptors (Lipinski definition) is 7. The van der Waals surface area contributed by atoms with Crippen LogP contribution in [-0.2, 0) is 21.0 Å². The molecule has 0 unspecified atom stereocenters. The van der Waals surface area contributed by atoms with Gasteiger partial charge in [-0.3, -0.25) is 9.74 Å². The first-order chi connectivity index (χ1) is 14.8. The number of likely N-dealkylation sites (tertiary alicyclic amines) is 1. The Balaban J connectivity index is 1.63. The van der Waals surface area contributed by atoms with Gasteiger partial charge in [0, 0.05) is 18.8 Å². The molecule has 1 saturated heterocycles. The van der Waals surface area contributed by atoms with Crippen LogP contribution < -0.4 is 10.2 Å². The first kappa shape index (κ1) is 22.7. The zero-order chi connectivity index (χ0) is 22.3. The highest BCUT2D eigenvalue weighted by atomic mass is 16.6. The summed E-state index contributed by atoms with van der Waals surface area (Å²) in [6.45, 7) is 6.01. The van der Waals surface area contributed by atoms with E-state index >= 15 is 0 Å². The lowest BCUT2D eigenvalue weighted by Gasteiger charge is -2.38. The van der Waals surface area contributed by atoms with Crippen molar-refractivity contribution in [3.05, 3.63) is 60.3 Å². The number of pyridine rings is 1. The van der Waals surface area contributed by atoms with Gasteiger partial charge in [0.2, 0.25) is 5.88 Å². The molecule has 0 aliphatic carbocycles. The molecule has 2 atom stereocenters. The van der Waals surface area contributed by atoms with E-state index in [9.17, 15) is 9.59 Å². The Morgan fingerprint density at radius 3 is 2.52 bits per heavy atom. The minimum Gasteiger partial charge on any atom is -0.444 e. The number of carbonyl (C=O) groups is 2. The highest BCUT2D eigenvalue weighted by Gasteiger charge is 2.39. The van der Waals surface area contributed by atoms with E-state index in [0.29, 0.717) is 19.4 Å². The average molecular weight is 428 g/mol. The van der Waals surface area contributed by atoms with Crippen molar-refractivity contribution in [2.24, 2.45) is 0 Å². The molecule has 8 nitrogen and oxygen atoms in total. The summed E-state index contributed by atoms with van der Waals surface area (Å²) in [4.78, 5) is 36.7. The van der Waals surface area contributed by atoms with Gasteiger partial charge < -0.3 is 9.47 Å². The SMILES string of the molecule is CC(C)(C)OC(=O)N1C[C@H](NOCc2ccccc2)CC[C@H]1C(=O)Oc1ccccn1. The molecule has 1 N–H and O–H groups in total. The highest BCUT2D eigenvalue weighted by molar-refractivity contribution is 5.83. The van der Waals surface area contributed by atoms with E-state index in [1.165, 1.54) is 4.90 Å². The van der Waals surface area contributed by atoms with Crippen LogP contribution in [-0.4, -0.2) is 46.2 Å². The molecule has 0 spiro atoms. The van der Waals surface area contributed by atoms with E-state index < -0.39 is 23.7 Å². The second-order valence-corrected chi connectivity index (χ2v) is 8.40. The number of piperidine rings is 1. The van der Waals surface area contributed by atoms with Gasteiger partial charge in [-0.15, -0.1) is 0 Å². The third kappa shape index (κ3) is 7.04. The molecule has 1 aromatic carbocycles. The van der Waals surface area contributed by atoms with Crippen molar-refractivity contribution < 1.29 is 23.9 Å². The van der Waals surface area contributed by atoms with Gasteiger partial charge >= 0.3 is 12.1 Å². The molecule has 0 bridgehead atoms. The maximum atomic E-state index is 12.8. The average Bonchev–Trinajstić information content (AvgIpc) is 2.74. The van der Waals surface area contributed by atoms with E-state index in [1.807, 2.05) is 30.3 Å². The van der Waals surface area contributed by atoms with E-state index in [-0.39, 0.29) is 18.5 Å². The second-order valence-electron chi connectivity index (χ2n) is 8.40. The largest absolute Gasteiger partial charge is 0.444 e. The van der Waals surface area contributed by atoms with Gasteiger partial charge in [-0.25, -0.2) is 14.6 Å². The smallest absolute Gasteiger partial charge is 0.411 e. The molecule has 3 rings (SSSR count). The van der Waals surface area contributed by atoms with Crippen molar-refractivity contribution >= 4 is 12.1 Å². The van der Waals surface area contributed by atoms with Crippen molar-refractivity contribution in [1.29, 1.82) is 0 Å². The molecule has 1 aliphatic heterocycles. The van der Waals surface area contributed by atoms with E-state index in [2.05, 4.69) is 10.5 Å². The lowest BCUT2D eigenvalue weighted by atomic mass is 9.99. The lowest BCUT2D eigenvalue weighted by molar-refractivity contribution is -0.143. The topological polar surface area (TPSA) is 90.0 Å². The van der Waals surface area contributed by atoms with Crippen molar-refractivity contribution in [2.45, 2.75) is 57.9 Å². The lowest BCUT2D eigenvalue weighted by Crippen LogP contribution is -2.57. The maximum Gasteiger partial charge on any atom is 0.411 e. The monoisotopic (exact) mass is 427 g/mol. The Morgan fingerprint density at radius 1 is 1.10 bits per heavy atom. The fourth-order valence-electron chi connectivity index (χ4n) is 3.23. The number of rotatable bonds is 6. The minimum absolute atomic E-state index is 0.143. The highest BCUT2D eigenvalue weighted by Crippen LogP contribution is 2.23. The summed E-state index contributed by atoms with van der Waals surface area (Å²) < 4.78 is 10.9. The maximum absolute atomic E-state index is 12.8. The van der Waals surface area contributed by atoms with Crippen molar-refractivity contribution in [3.63, 3.8) is 0 Å². The quantitative estimate of drug-likeness (QED) is 0.558. The molecule has 2 heterocycles. The number of ether oxygens (including phenoxy) is 2. The van der Waals surface area contributed by atoms with Gasteiger partial charge in [-0.1, -0.05) is 36.4 Å². The molecule has 1 aromatic heterocycles. The third-order valence-corrected chi connectivity index (χ3v) is 4.66. The summed E-state index contributed by atoms with van der Waals surface area (Å²) in [5, 5.41) is 0.